The third-order valence-electron chi connectivity index (χ3n) is 5.40. The SMILES string of the molecule is CCOc1ccccc1/C=C/C(=O)OCC(=O)Nc1ccc2c(c1)OC1(CCCCC1)O2. The van der Waals surface area contributed by atoms with Gasteiger partial charge in [0.05, 0.1) is 6.61 Å². The molecule has 1 heterocycles. The molecule has 1 N–H and O–H groups in total. The summed E-state index contributed by atoms with van der Waals surface area (Å²) < 4.78 is 22.7. The summed E-state index contributed by atoms with van der Waals surface area (Å²) in [6.45, 7) is 2.02. The summed E-state index contributed by atoms with van der Waals surface area (Å²) >= 11 is 0. The van der Waals surface area contributed by atoms with E-state index in [1.807, 2.05) is 31.2 Å². The predicted molar refractivity (Wildman–Crippen MR) is 120 cm³/mol. The van der Waals surface area contributed by atoms with E-state index in [9.17, 15) is 9.59 Å². The molecule has 1 amide bonds. The topological polar surface area (TPSA) is 83.1 Å². The molecule has 0 aromatic heterocycles. The minimum Gasteiger partial charge on any atom is -0.493 e. The lowest BCUT2D eigenvalue weighted by Crippen LogP contribution is -2.40. The molecule has 32 heavy (non-hydrogen) atoms. The van der Waals surface area contributed by atoms with Crippen molar-refractivity contribution in [2.24, 2.45) is 0 Å². The Morgan fingerprint density at radius 2 is 1.84 bits per heavy atom. The zero-order valence-corrected chi connectivity index (χ0v) is 18.1. The van der Waals surface area contributed by atoms with Crippen LogP contribution in [0, 0.1) is 0 Å². The molecule has 4 rings (SSSR count). The lowest BCUT2D eigenvalue weighted by atomic mass is 9.94. The molecule has 0 radical (unpaired) electrons. The van der Waals surface area contributed by atoms with Gasteiger partial charge in [0.1, 0.15) is 5.75 Å². The molecule has 1 aliphatic heterocycles. The quantitative estimate of drug-likeness (QED) is 0.499. The maximum atomic E-state index is 12.2. The zero-order chi connectivity index (χ0) is 22.4. The van der Waals surface area contributed by atoms with E-state index < -0.39 is 24.3 Å². The van der Waals surface area contributed by atoms with Gasteiger partial charge in [-0.2, -0.15) is 0 Å². The Balaban J connectivity index is 1.28. The molecule has 1 saturated carbocycles. The first kappa shape index (κ1) is 21.7. The van der Waals surface area contributed by atoms with Gasteiger partial charge in [-0.1, -0.05) is 24.6 Å². The lowest BCUT2D eigenvalue weighted by Gasteiger charge is -2.31. The van der Waals surface area contributed by atoms with Crippen molar-refractivity contribution < 1.29 is 28.5 Å². The molecule has 1 fully saturated rings. The number of para-hydroxylation sites is 1. The number of hydrogen-bond donors (Lipinski definition) is 1. The number of esters is 1. The van der Waals surface area contributed by atoms with Crippen molar-refractivity contribution in [1.29, 1.82) is 0 Å². The van der Waals surface area contributed by atoms with E-state index in [1.54, 1.807) is 24.3 Å². The van der Waals surface area contributed by atoms with Gasteiger partial charge < -0.3 is 24.3 Å². The number of carbonyl (C=O) groups excluding carboxylic acids is 2. The van der Waals surface area contributed by atoms with Gasteiger partial charge in [0, 0.05) is 36.2 Å². The standard InChI is InChI=1S/C25H27NO6/c1-2-29-20-9-5-4-8-18(20)10-13-24(28)30-17-23(27)26-19-11-12-21-22(16-19)32-25(31-21)14-6-3-7-15-25/h4-5,8-13,16H,2-3,6-7,14-15,17H2,1H3,(H,26,27)/b13-10+. The van der Waals surface area contributed by atoms with E-state index in [4.69, 9.17) is 18.9 Å². The van der Waals surface area contributed by atoms with Crippen LogP contribution in [0.25, 0.3) is 6.08 Å². The maximum Gasteiger partial charge on any atom is 0.331 e. The van der Waals surface area contributed by atoms with Gasteiger partial charge in [0.15, 0.2) is 18.1 Å². The molecule has 0 atom stereocenters. The fourth-order valence-corrected chi connectivity index (χ4v) is 3.91. The molecule has 7 heteroatoms. The molecular weight excluding hydrogens is 410 g/mol. The Morgan fingerprint density at radius 3 is 2.66 bits per heavy atom. The van der Waals surface area contributed by atoms with Crippen molar-refractivity contribution in [2.45, 2.75) is 44.8 Å². The molecule has 2 aromatic carbocycles. The summed E-state index contributed by atoms with van der Waals surface area (Å²) in [6.07, 6.45) is 7.95. The Labute approximate surface area is 187 Å². The van der Waals surface area contributed by atoms with Crippen molar-refractivity contribution >= 4 is 23.6 Å². The van der Waals surface area contributed by atoms with Crippen LogP contribution in [0.2, 0.25) is 0 Å². The molecule has 0 bridgehead atoms. The molecule has 2 aliphatic rings. The fraction of sp³-hybridized carbons (Fsp3) is 0.360. The number of ether oxygens (including phenoxy) is 4. The van der Waals surface area contributed by atoms with Gasteiger partial charge in [0.25, 0.3) is 11.7 Å². The second kappa shape index (κ2) is 9.77. The molecule has 7 nitrogen and oxygen atoms in total. The van der Waals surface area contributed by atoms with Crippen LogP contribution in [0.1, 0.15) is 44.6 Å². The molecule has 2 aromatic rings. The molecule has 0 saturated heterocycles. The number of nitrogens with one attached hydrogen (secondary N) is 1. The van der Waals surface area contributed by atoms with Crippen molar-refractivity contribution in [3.63, 3.8) is 0 Å². The summed E-state index contributed by atoms with van der Waals surface area (Å²) in [7, 11) is 0. The highest BCUT2D eigenvalue weighted by molar-refractivity contribution is 5.95. The third kappa shape index (κ3) is 5.22. The molecular formula is C25H27NO6. The Hall–Kier alpha value is -3.48. The second-order valence-corrected chi connectivity index (χ2v) is 7.80. The first-order valence-electron chi connectivity index (χ1n) is 11.0. The van der Waals surface area contributed by atoms with Crippen LogP contribution in [-0.2, 0) is 14.3 Å². The summed E-state index contributed by atoms with van der Waals surface area (Å²) in [5.41, 5.74) is 1.31. The zero-order valence-electron chi connectivity index (χ0n) is 18.1. The lowest BCUT2D eigenvalue weighted by molar-refractivity contribution is -0.142. The number of benzene rings is 2. The average molecular weight is 437 g/mol. The van der Waals surface area contributed by atoms with E-state index in [-0.39, 0.29) is 0 Å². The number of rotatable bonds is 7. The van der Waals surface area contributed by atoms with Crippen LogP contribution in [0.3, 0.4) is 0 Å². The van der Waals surface area contributed by atoms with Gasteiger partial charge in [-0.25, -0.2) is 4.79 Å². The first-order valence-corrected chi connectivity index (χ1v) is 11.0. The monoisotopic (exact) mass is 437 g/mol. The summed E-state index contributed by atoms with van der Waals surface area (Å²) in [6, 6.07) is 12.6. The number of anilines is 1. The van der Waals surface area contributed by atoms with Crippen LogP contribution in [0.15, 0.2) is 48.5 Å². The second-order valence-electron chi connectivity index (χ2n) is 7.80. The highest BCUT2D eigenvalue weighted by Crippen LogP contribution is 2.46. The summed E-state index contributed by atoms with van der Waals surface area (Å²) in [4.78, 5) is 24.2. The highest BCUT2D eigenvalue weighted by atomic mass is 16.7. The van der Waals surface area contributed by atoms with Gasteiger partial charge in [-0.3, -0.25) is 4.79 Å². The minimum atomic E-state index is -0.614. The van der Waals surface area contributed by atoms with E-state index in [0.717, 1.165) is 31.2 Å². The van der Waals surface area contributed by atoms with Gasteiger partial charge in [0.2, 0.25) is 0 Å². The largest absolute Gasteiger partial charge is 0.493 e. The maximum absolute atomic E-state index is 12.2. The van der Waals surface area contributed by atoms with E-state index in [0.29, 0.717) is 29.5 Å². The Bertz CT molecular complexity index is 1010. The van der Waals surface area contributed by atoms with Gasteiger partial charge >= 0.3 is 5.97 Å². The smallest absolute Gasteiger partial charge is 0.331 e. The Kier molecular flexibility index (Phi) is 6.63. The normalized spacial score (nSPS) is 16.2. The molecule has 1 spiro atoms. The van der Waals surface area contributed by atoms with Gasteiger partial charge in [-0.15, -0.1) is 0 Å². The predicted octanol–water partition coefficient (Wildman–Crippen LogP) is 4.71. The minimum absolute atomic E-state index is 0.394. The number of hydrogen-bond acceptors (Lipinski definition) is 6. The summed E-state index contributed by atoms with van der Waals surface area (Å²) in [5, 5.41) is 2.72. The number of fused-ring (bicyclic) bond motifs is 1. The fourth-order valence-electron chi connectivity index (χ4n) is 3.91. The van der Waals surface area contributed by atoms with E-state index in [2.05, 4.69) is 5.32 Å². The molecule has 1 aliphatic carbocycles. The van der Waals surface area contributed by atoms with E-state index in [1.165, 1.54) is 12.5 Å². The van der Waals surface area contributed by atoms with E-state index >= 15 is 0 Å². The van der Waals surface area contributed by atoms with Gasteiger partial charge in [-0.05, 0) is 44.0 Å². The van der Waals surface area contributed by atoms with Crippen LogP contribution in [0.4, 0.5) is 5.69 Å². The van der Waals surface area contributed by atoms with Crippen LogP contribution in [0.5, 0.6) is 17.2 Å². The van der Waals surface area contributed by atoms with Crippen LogP contribution < -0.4 is 19.5 Å². The number of amides is 1. The van der Waals surface area contributed by atoms with Crippen molar-refractivity contribution in [2.75, 3.05) is 18.5 Å². The van der Waals surface area contributed by atoms with Crippen molar-refractivity contribution in [3.05, 3.63) is 54.1 Å². The summed E-state index contributed by atoms with van der Waals surface area (Å²) in [5.74, 6) is 0.372. The van der Waals surface area contributed by atoms with Crippen LogP contribution in [-0.4, -0.2) is 30.9 Å². The van der Waals surface area contributed by atoms with Crippen LogP contribution >= 0.6 is 0 Å². The average Bonchev–Trinajstić information content (AvgIpc) is 3.14. The van der Waals surface area contributed by atoms with Crippen molar-refractivity contribution in [3.8, 4) is 17.2 Å². The Morgan fingerprint density at radius 1 is 1.06 bits per heavy atom. The molecule has 0 unspecified atom stereocenters. The highest BCUT2D eigenvalue weighted by Gasteiger charge is 2.42. The number of carbonyl (C=O) groups is 2. The van der Waals surface area contributed by atoms with Crippen molar-refractivity contribution in [1.82, 2.24) is 0 Å². The first-order chi connectivity index (χ1) is 15.6. The molecule has 168 valence electrons. The third-order valence-corrected chi connectivity index (χ3v) is 5.40.